The molecule has 6 heteroatoms. The molecule has 2 N–H and O–H groups in total. The van der Waals surface area contributed by atoms with Gasteiger partial charge in [0.2, 0.25) is 0 Å². The second-order valence-corrected chi connectivity index (χ2v) is 21.1. The van der Waals surface area contributed by atoms with Crippen LogP contribution in [-0.4, -0.2) is 26.3 Å². The van der Waals surface area contributed by atoms with E-state index in [0.717, 1.165) is 24.2 Å². The van der Waals surface area contributed by atoms with Crippen LogP contribution in [0.2, 0.25) is 0 Å². The van der Waals surface area contributed by atoms with E-state index in [1.54, 1.807) is 12.1 Å². The summed E-state index contributed by atoms with van der Waals surface area (Å²) in [7, 11) is -1.39. The maximum Gasteiger partial charge on any atom is 0.488 e. The van der Waals surface area contributed by atoms with Crippen LogP contribution in [0, 0.1) is 0 Å². The van der Waals surface area contributed by atoms with Crippen LogP contribution in [-0.2, 0) is 13.1 Å². The van der Waals surface area contributed by atoms with Gasteiger partial charge in [0.1, 0.15) is 0 Å². The molecule has 0 radical (unpaired) electrons. The van der Waals surface area contributed by atoms with E-state index in [9.17, 15) is 0 Å². The van der Waals surface area contributed by atoms with E-state index < -0.39 is 7.12 Å². The largest absolute Gasteiger partial charge is 0.488 e. The SMILES string of the molecule is CCn1c2ccccc2c2c3ccc4cccc5ccc(c(-c6ccc(-c7ccccc7)cc6)c21)c3c54.CCn1c2ccccc2c2c3ccc4cccc5ccc(c(Br)c21)c3c54.OB(O)c1ccc(-c2ccccc2)cc1. The molecule has 0 aliphatic carbocycles. The third kappa shape index (κ3) is 7.58. The number of fused-ring (bicyclic) bond motifs is 8. The van der Waals surface area contributed by atoms with Crippen molar-refractivity contribution in [2.24, 2.45) is 0 Å². The van der Waals surface area contributed by atoms with Crippen LogP contribution >= 0.6 is 15.9 Å². The summed E-state index contributed by atoms with van der Waals surface area (Å²) in [6, 6.07) is 86.3. The van der Waals surface area contributed by atoms with Gasteiger partial charge in [0, 0.05) is 55.7 Å². The van der Waals surface area contributed by atoms with Gasteiger partial charge in [-0.3, -0.25) is 0 Å². The van der Waals surface area contributed by atoms with Gasteiger partial charge in [0.15, 0.2) is 0 Å². The lowest BCUT2D eigenvalue weighted by Crippen LogP contribution is -2.29. The number of halogens is 1. The molecule has 2 aromatic heterocycles. The highest BCUT2D eigenvalue weighted by atomic mass is 79.9. The molecule has 0 aliphatic rings. The summed E-state index contributed by atoms with van der Waals surface area (Å²) in [6.45, 7) is 6.36. The normalized spacial score (nSPS) is 11.8. The van der Waals surface area contributed by atoms with E-state index in [1.165, 1.54) is 135 Å². The van der Waals surface area contributed by atoms with Gasteiger partial charge in [-0.1, -0.05) is 231 Å². The summed E-state index contributed by atoms with van der Waals surface area (Å²) in [4.78, 5) is 0. The van der Waals surface area contributed by atoms with Crippen molar-refractivity contribution in [3.05, 3.63) is 247 Å². The zero-order valence-electron chi connectivity index (χ0n) is 43.3. The molecule has 0 saturated carbocycles. The second kappa shape index (κ2) is 19.4. The van der Waals surface area contributed by atoms with E-state index in [-0.39, 0.29) is 0 Å². The van der Waals surface area contributed by atoms with Gasteiger partial charge in [-0.25, -0.2) is 0 Å². The Labute approximate surface area is 460 Å². The minimum Gasteiger partial charge on any atom is -0.423 e. The summed E-state index contributed by atoms with van der Waals surface area (Å²) in [6.07, 6.45) is 0. The first-order valence-electron chi connectivity index (χ1n) is 26.9. The first kappa shape index (κ1) is 47.7. The molecule has 0 spiro atoms. The first-order chi connectivity index (χ1) is 38.4. The van der Waals surface area contributed by atoms with Crippen molar-refractivity contribution in [3.63, 3.8) is 0 Å². The standard InChI is InChI=1S/C36H25N.C24H16BrN.C12H11BO2/c1-2-37-31-14-7-6-13-28(31)35-30-22-20-26-12-8-11-25-19-21-29(34(30)32(25)26)33(36(35)37)27-17-15-24(16-18-27)23-9-4-3-5-10-23;1-2-26-19-9-4-3-8-16(19)22-17-12-10-14-6-5-7-15-11-13-18(21(17)20(14)15)23(25)24(22)26;14-13(15)12-8-6-11(7-9-12)10-4-2-1-3-5-10/h3-22H,2H2,1H3;3-13H,2H2,1H3;1-9,14-15H. The predicted octanol–water partition coefficient (Wildman–Crippen LogP) is 18.6. The topological polar surface area (TPSA) is 50.3 Å². The summed E-state index contributed by atoms with van der Waals surface area (Å²) in [5, 5.41) is 39.3. The van der Waals surface area contributed by atoms with Crippen LogP contribution in [0.5, 0.6) is 0 Å². The van der Waals surface area contributed by atoms with Crippen molar-refractivity contribution in [1.82, 2.24) is 9.13 Å². The average molecular weight is 1070 g/mol. The molecule has 16 aromatic rings. The monoisotopic (exact) mass is 1070 g/mol. The highest BCUT2D eigenvalue weighted by Gasteiger charge is 2.24. The Bertz CT molecular complexity index is 4860. The van der Waals surface area contributed by atoms with Crippen LogP contribution in [0.25, 0.3) is 142 Å². The highest BCUT2D eigenvalue weighted by Crippen LogP contribution is 2.49. The Balaban J connectivity index is 0.000000117. The number of hydrogen-bond donors (Lipinski definition) is 2. The molecule has 16 rings (SSSR count). The van der Waals surface area contributed by atoms with Crippen molar-refractivity contribution in [3.8, 4) is 33.4 Å². The fourth-order valence-corrected chi connectivity index (χ4v) is 13.5. The van der Waals surface area contributed by atoms with E-state index >= 15 is 0 Å². The fourth-order valence-electron chi connectivity index (χ4n) is 12.8. The van der Waals surface area contributed by atoms with Gasteiger partial charge >= 0.3 is 7.12 Å². The molecule has 0 bridgehead atoms. The van der Waals surface area contributed by atoms with Crippen LogP contribution in [0.4, 0.5) is 0 Å². The molecular weight excluding hydrogens is 1020 g/mol. The zero-order chi connectivity index (χ0) is 52.6. The van der Waals surface area contributed by atoms with Crippen molar-refractivity contribution in [2.75, 3.05) is 0 Å². The molecule has 0 unspecified atom stereocenters. The van der Waals surface area contributed by atoms with Gasteiger partial charge in [-0.05, 0) is 140 Å². The molecule has 0 amide bonds. The van der Waals surface area contributed by atoms with Gasteiger partial charge < -0.3 is 19.2 Å². The summed E-state index contributed by atoms with van der Waals surface area (Å²) >= 11 is 3.98. The van der Waals surface area contributed by atoms with Crippen LogP contribution in [0.1, 0.15) is 13.8 Å². The second-order valence-electron chi connectivity index (χ2n) is 20.3. The van der Waals surface area contributed by atoms with Crippen LogP contribution in [0.15, 0.2) is 247 Å². The maximum atomic E-state index is 8.94. The molecule has 0 atom stereocenters. The minimum absolute atomic E-state index is 0.509. The summed E-state index contributed by atoms with van der Waals surface area (Å²) in [5.41, 5.74) is 13.0. The van der Waals surface area contributed by atoms with Crippen molar-refractivity contribution >= 4 is 137 Å². The molecule has 4 nitrogen and oxygen atoms in total. The summed E-state index contributed by atoms with van der Waals surface area (Å²) in [5.74, 6) is 0. The molecule has 372 valence electrons. The molecule has 0 fully saturated rings. The van der Waals surface area contributed by atoms with Gasteiger partial charge in [0.05, 0.1) is 11.0 Å². The zero-order valence-corrected chi connectivity index (χ0v) is 44.8. The van der Waals surface area contributed by atoms with E-state index in [1.807, 2.05) is 42.5 Å². The number of para-hydroxylation sites is 2. The van der Waals surface area contributed by atoms with Crippen molar-refractivity contribution in [1.29, 1.82) is 0 Å². The smallest absolute Gasteiger partial charge is 0.423 e. The lowest BCUT2D eigenvalue weighted by molar-refractivity contribution is 0.426. The van der Waals surface area contributed by atoms with Crippen LogP contribution in [0.3, 0.4) is 0 Å². The minimum atomic E-state index is -1.39. The summed E-state index contributed by atoms with van der Waals surface area (Å²) < 4.78 is 6.15. The van der Waals surface area contributed by atoms with Gasteiger partial charge in [-0.2, -0.15) is 0 Å². The van der Waals surface area contributed by atoms with Crippen molar-refractivity contribution in [2.45, 2.75) is 26.9 Å². The predicted molar refractivity (Wildman–Crippen MR) is 338 cm³/mol. The molecular formula is C72H52BBrN2O2. The quantitative estimate of drug-likeness (QED) is 0.129. The Hall–Kier alpha value is -8.78. The molecule has 2 heterocycles. The number of nitrogens with zero attached hydrogens (tertiary/aromatic N) is 2. The number of aromatic nitrogens is 2. The molecule has 0 saturated heterocycles. The molecule has 0 aliphatic heterocycles. The van der Waals surface area contributed by atoms with Gasteiger partial charge in [-0.15, -0.1) is 0 Å². The highest BCUT2D eigenvalue weighted by molar-refractivity contribution is 9.10. The lowest BCUT2D eigenvalue weighted by atomic mass is 9.80. The van der Waals surface area contributed by atoms with E-state index in [0.29, 0.717) is 5.46 Å². The maximum absolute atomic E-state index is 8.94. The Morgan fingerprint density at radius 3 is 1.19 bits per heavy atom. The fraction of sp³-hybridized carbons (Fsp3) is 0.0556. The van der Waals surface area contributed by atoms with E-state index in [4.69, 9.17) is 10.0 Å². The number of hydrogen-bond acceptors (Lipinski definition) is 2. The first-order valence-corrected chi connectivity index (χ1v) is 27.7. The Morgan fingerprint density at radius 1 is 0.321 bits per heavy atom. The van der Waals surface area contributed by atoms with Crippen molar-refractivity contribution < 1.29 is 10.0 Å². The third-order valence-corrected chi connectivity index (χ3v) is 17.0. The number of rotatable bonds is 6. The molecule has 78 heavy (non-hydrogen) atoms. The van der Waals surface area contributed by atoms with Gasteiger partial charge in [0.25, 0.3) is 0 Å². The lowest BCUT2D eigenvalue weighted by Gasteiger charge is -2.18. The Morgan fingerprint density at radius 2 is 0.705 bits per heavy atom. The molecule has 14 aromatic carbocycles. The van der Waals surface area contributed by atoms with Crippen LogP contribution < -0.4 is 5.46 Å². The Kier molecular flexibility index (Phi) is 11.8. The number of benzene rings is 14. The van der Waals surface area contributed by atoms with E-state index in [2.05, 4.69) is 227 Å². The number of aryl methyl sites for hydroxylation is 2. The average Bonchev–Trinajstić information content (AvgIpc) is 4.16. The third-order valence-electron chi connectivity index (χ3n) is 16.2.